The zero-order valence-corrected chi connectivity index (χ0v) is 12.9. The monoisotopic (exact) mass is 307 g/mol. The Balaban J connectivity index is 2.64. The molecule has 2 N–H and O–H groups in total. The van der Waals surface area contributed by atoms with Crippen LogP contribution in [-0.2, 0) is 19.4 Å². The van der Waals surface area contributed by atoms with Crippen molar-refractivity contribution in [2.75, 3.05) is 12.0 Å². The largest absolute Gasteiger partial charge is 0.479 e. The number of sulfone groups is 1. The number of carboxylic acids is 1. The first-order valence-corrected chi connectivity index (χ1v) is 8.34. The first-order chi connectivity index (χ1) is 8.86. The molecule has 0 aliphatic heterocycles. The van der Waals surface area contributed by atoms with Crippen LogP contribution in [-0.4, -0.2) is 48.7 Å². The summed E-state index contributed by atoms with van der Waals surface area (Å²) in [7, 11) is -3.15. The van der Waals surface area contributed by atoms with Crippen molar-refractivity contribution < 1.29 is 27.9 Å². The SMILES string of the molecule is CC(C)(C)OC(=O)NC1(C(=O)O)CC1CCS(C)(=O)=O. The normalized spacial score (nSPS) is 25.9. The molecule has 0 aromatic heterocycles. The number of hydrogen-bond donors (Lipinski definition) is 2. The van der Waals surface area contributed by atoms with Gasteiger partial charge in [0.1, 0.15) is 21.0 Å². The van der Waals surface area contributed by atoms with E-state index in [9.17, 15) is 23.1 Å². The second-order valence-electron chi connectivity index (χ2n) is 6.22. The Bertz CT molecular complexity index is 507. The van der Waals surface area contributed by atoms with Crippen molar-refractivity contribution >= 4 is 21.9 Å². The molecule has 1 fully saturated rings. The number of nitrogens with one attached hydrogen (secondary N) is 1. The van der Waals surface area contributed by atoms with Gasteiger partial charge in [0.25, 0.3) is 0 Å². The summed E-state index contributed by atoms with van der Waals surface area (Å²) in [5.41, 5.74) is -2.12. The van der Waals surface area contributed by atoms with Crippen LogP contribution < -0.4 is 5.32 Å². The lowest BCUT2D eigenvalue weighted by molar-refractivity contribution is -0.141. The van der Waals surface area contributed by atoms with Gasteiger partial charge in [-0.15, -0.1) is 0 Å². The van der Waals surface area contributed by atoms with Crippen LogP contribution in [0.2, 0.25) is 0 Å². The number of amides is 1. The Morgan fingerprint density at radius 1 is 1.40 bits per heavy atom. The summed E-state index contributed by atoms with van der Waals surface area (Å²) in [4.78, 5) is 23.0. The Labute approximate surface area is 118 Å². The molecule has 0 aromatic rings. The highest BCUT2D eigenvalue weighted by molar-refractivity contribution is 7.90. The van der Waals surface area contributed by atoms with E-state index >= 15 is 0 Å². The quantitative estimate of drug-likeness (QED) is 0.777. The number of rotatable bonds is 5. The van der Waals surface area contributed by atoms with Gasteiger partial charge in [-0.3, -0.25) is 0 Å². The van der Waals surface area contributed by atoms with Crippen LogP contribution in [0.15, 0.2) is 0 Å². The fourth-order valence-corrected chi connectivity index (χ4v) is 2.70. The van der Waals surface area contributed by atoms with Crippen LogP contribution in [0.3, 0.4) is 0 Å². The minimum Gasteiger partial charge on any atom is -0.479 e. The average Bonchev–Trinajstić information content (AvgIpc) is 2.85. The standard InChI is InChI=1S/C12H21NO6S/c1-11(2,3)19-10(16)13-12(9(14)15)7-8(12)5-6-20(4,17)18/h8H,5-7H2,1-4H3,(H,13,16)(H,14,15). The minimum atomic E-state index is -3.15. The fourth-order valence-electron chi connectivity index (χ4n) is 1.99. The molecule has 1 saturated carbocycles. The van der Waals surface area contributed by atoms with Gasteiger partial charge in [-0.25, -0.2) is 18.0 Å². The molecule has 1 amide bonds. The molecule has 20 heavy (non-hydrogen) atoms. The van der Waals surface area contributed by atoms with Gasteiger partial charge in [0, 0.05) is 6.26 Å². The van der Waals surface area contributed by atoms with Crippen LogP contribution in [0.4, 0.5) is 4.79 Å². The van der Waals surface area contributed by atoms with E-state index in [4.69, 9.17) is 4.74 Å². The van der Waals surface area contributed by atoms with E-state index in [1.807, 2.05) is 0 Å². The zero-order chi connectivity index (χ0) is 15.8. The molecule has 2 unspecified atom stereocenters. The number of carbonyl (C=O) groups is 2. The van der Waals surface area contributed by atoms with Crippen LogP contribution in [0.1, 0.15) is 33.6 Å². The Kier molecular flexibility index (Phi) is 4.38. The van der Waals surface area contributed by atoms with Crippen LogP contribution in [0.25, 0.3) is 0 Å². The van der Waals surface area contributed by atoms with Gasteiger partial charge in [0.2, 0.25) is 0 Å². The molecule has 0 spiro atoms. The summed E-state index contributed by atoms with van der Waals surface area (Å²) in [5.74, 6) is -1.65. The molecule has 0 saturated heterocycles. The molecular formula is C12H21NO6S. The molecule has 1 rings (SSSR count). The summed E-state index contributed by atoms with van der Waals surface area (Å²) in [6.07, 6.45) is 0.721. The van der Waals surface area contributed by atoms with Gasteiger partial charge < -0.3 is 15.2 Å². The number of hydrogen-bond acceptors (Lipinski definition) is 5. The Hall–Kier alpha value is -1.31. The molecular weight excluding hydrogens is 286 g/mol. The molecule has 0 aromatic carbocycles. The molecule has 116 valence electrons. The second kappa shape index (κ2) is 5.23. The highest BCUT2D eigenvalue weighted by Crippen LogP contribution is 2.46. The van der Waals surface area contributed by atoms with E-state index < -0.39 is 33.0 Å². The average molecular weight is 307 g/mol. The lowest BCUT2D eigenvalue weighted by atomic mass is 10.1. The molecule has 0 radical (unpaired) electrons. The number of alkyl carbamates (subject to hydrolysis) is 1. The maximum Gasteiger partial charge on any atom is 0.408 e. The number of ether oxygens (including phenoxy) is 1. The van der Waals surface area contributed by atoms with Gasteiger partial charge in [0.05, 0.1) is 5.75 Å². The van der Waals surface area contributed by atoms with E-state index in [2.05, 4.69) is 5.32 Å². The van der Waals surface area contributed by atoms with Crippen LogP contribution in [0, 0.1) is 5.92 Å². The van der Waals surface area contributed by atoms with Gasteiger partial charge in [0.15, 0.2) is 0 Å². The van der Waals surface area contributed by atoms with Gasteiger partial charge in [-0.2, -0.15) is 0 Å². The number of aliphatic carboxylic acids is 1. The van der Waals surface area contributed by atoms with Crippen molar-refractivity contribution in [3.63, 3.8) is 0 Å². The molecule has 8 heteroatoms. The van der Waals surface area contributed by atoms with Crippen molar-refractivity contribution in [3.8, 4) is 0 Å². The van der Waals surface area contributed by atoms with Crippen molar-refractivity contribution in [1.82, 2.24) is 5.32 Å². The molecule has 1 aliphatic carbocycles. The molecule has 0 heterocycles. The first-order valence-electron chi connectivity index (χ1n) is 6.28. The summed E-state index contributed by atoms with van der Waals surface area (Å²) in [5, 5.41) is 11.6. The summed E-state index contributed by atoms with van der Waals surface area (Å²) in [6.45, 7) is 5.02. The maximum absolute atomic E-state index is 11.7. The van der Waals surface area contributed by atoms with Crippen molar-refractivity contribution in [2.24, 2.45) is 5.92 Å². The topological polar surface area (TPSA) is 110 Å². The van der Waals surface area contributed by atoms with Crippen molar-refractivity contribution in [3.05, 3.63) is 0 Å². The zero-order valence-electron chi connectivity index (χ0n) is 12.1. The smallest absolute Gasteiger partial charge is 0.408 e. The van der Waals surface area contributed by atoms with E-state index in [0.717, 1.165) is 6.26 Å². The van der Waals surface area contributed by atoms with Crippen LogP contribution >= 0.6 is 0 Å². The molecule has 1 aliphatic rings. The maximum atomic E-state index is 11.7. The number of carboxylic acid groups (broad SMARTS) is 1. The summed E-state index contributed by atoms with van der Waals surface area (Å²) in [6, 6.07) is 0. The van der Waals surface area contributed by atoms with Gasteiger partial charge in [-0.05, 0) is 39.5 Å². The first kappa shape index (κ1) is 16.7. The molecule has 2 atom stereocenters. The third-order valence-corrected chi connectivity index (χ3v) is 4.03. The Morgan fingerprint density at radius 3 is 2.35 bits per heavy atom. The van der Waals surface area contributed by atoms with Gasteiger partial charge in [-0.1, -0.05) is 0 Å². The lowest BCUT2D eigenvalue weighted by Crippen LogP contribution is -2.47. The fraction of sp³-hybridized carbons (Fsp3) is 0.833. The molecule has 0 bridgehead atoms. The number of carbonyl (C=O) groups excluding carboxylic acids is 1. The lowest BCUT2D eigenvalue weighted by Gasteiger charge is -2.22. The second-order valence-corrected chi connectivity index (χ2v) is 8.48. The highest BCUT2D eigenvalue weighted by Gasteiger charge is 2.61. The minimum absolute atomic E-state index is 0.0945. The van der Waals surface area contributed by atoms with E-state index in [0.29, 0.717) is 0 Å². The predicted octanol–water partition coefficient (Wildman–Crippen LogP) is 0.789. The third kappa shape index (κ3) is 4.66. The van der Waals surface area contributed by atoms with Crippen molar-refractivity contribution in [2.45, 2.75) is 44.8 Å². The summed E-state index contributed by atoms with van der Waals surface area (Å²) >= 11 is 0. The Morgan fingerprint density at radius 2 is 1.95 bits per heavy atom. The molecule has 7 nitrogen and oxygen atoms in total. The third-order valence-electron chi connectivity index (χ3n) is 3.05. The summed E-state index contributed by atoms with van der Waals surface area (Å²) < 4.78 is 27.2. The van der Waals surface area contributed by atoms with Gasteiger partial charge >= 0.3 is 12.1 Å². The predicted molar refractivity (Wildman–Crippen MR) is 72.2 cm³/mol. The van der Waals surface area contributed by atoms with E-state index in [1.54, 1.807) is 20.8 Å². The van der Waals surface area contributed by atoms with Crippen molar-refractivity contribution in [1.29, 1.82) is 0 Å². The van der Waals surface area contributed by atoms with Crippen LogP contribution in [0.5, 0.6) is 0 Å². The van der Waals surface area contributed by atoms with E-state index in [-0.39, 0.29) is 24.5 Å². The van der Waals surface area contributed by atoms with E-state index in [1.165, 1.54) is 0 Å². The highest BCUT2D eigenvalue weighted by atomic mass is 32.2.